The third-order valence-corrected chi connectivity index (χ3v) is 3.21. The molecule has 0 bridgehead atoms. The van der Waals surface area contributed by atoms with Crippen LogP contribution in [-0.4, -0.2) is 27.8 Å². The Morgan fingerprint density at radius 1 is 1.37 bits per heavy atom. The van der Waals surface area contributed by atoms with Crippen LogP contribution in [0.25, 0.3) is 0 Å². The summed E-state index contributed by atoms with van der Waals surface area (Å²) in [5.74, 6) is 1.21. The zero-order valence-corrected chi connectivity index (χ0v) is 10.5. The van der Waals surface area contributed by atoms with Crippen molar-refractivity contribution >= 4 is 0 Å². The van der Waals surface area contributed by atoms with Gasteiger partial charge in [-0.15, -0.1) is 0 Å². The van der Waals surface area contributed by atoms with Gasteiger partial charge in [0, 0.05) is 25.4 Å². The van der Waals surface area contributed by atoms with Gasteiger partial charge in [0.2, 0.25) is 0 Å². The van der Waals surface area contributed by atoms with E-state index >= 15 is 0 Å². The van der Waals surface area contributed by atoms with Crippen LogP contribution in [0, 0.1) is 0 Å². The van der Waals surface area contributed by atoms with Gasteiger partial charge in [0.05, 0.1) is 6.10 Å². The van der Waals surface area contributed by atoms with Gasteiger partial charge in [0.25, 0.3) is 5.89 Å². The molecule has 0 saturated carbocycles. The van der Waals surface area contributed by atoms with Gasteiger partial charge in [-0.3, -0.25) is 4.98 Å². The normalized spacial score (nSPS) is 22.8. The molecule has 0 radical (unpaired) electrons. The van der Waals surface area contributed by atoms with Crippen molar-refractivity contribution in [2.24, 2.45) is 5.73 Å². The molecule has 1 saturated heterocycles. The topological polar surface area (TPSA) is 87.1 Å². The number of hydrogen-bond donors (Lipinski definition) is 1. The van der Waals surface area contributed by atoms with Gasteiger partial charge in [-0.2, -0.15) is 4.98 Å². The summed E-state index contributed by atoms with van der Waals surface area (Å²) in [7, 11) is 0. The Kier molecular flexibility index (Phi) is 3.52. The molecule has 3 heterocycles. The first-order valence-electron chi connectivity index (χ1n) is 6.42. The highest BCUT2D eigenvalue weighted by Crippen LogP contribution is 2.31. The van der Waals surface area contributed by atoms with Gasteiger partial charge < -0.3 is 15.0 Å². The van der Waals surface area contributed by atoms with E-state index in [4.69, 9.17) is 15.0 Å². The Hall–Kier alpha value is -1.79. The minimum atomic E-state index is -0.108. The lowest BCUT2D eigenvalue weighted by molar-refractivity contribution is 0.0307. The van der Waals surface area contributed by atoms with Crippen molar-refractivity contribution in [1.29, 1.82) is 0 Å². The first kappa shape index (κ1) is 12.3. The molecule has 2 aromatic heterocycles. The van der Waals surface area contributed by atoms with Gasteiger partial charge >= 0.3 is 0 Å². The zero-order valence-electron chi connectivity index (χ0n) is 10.5. The number of hydrogen-bond acceptors (Lipinski definition) is 6. The van der Waals surface area contributed by atoms with E-state index in [1.165, 1.54) is 0 Å². The van der Waals surface area contributed by atoms with E-state index in [2.05, 4.69) is 15.1 Å². The third kappa shape index (κ3) is 2.80. The van der Waals surface area contributed by atoms with Crippen LogP contribution in [0.5, 0.6) is 0 Å². The summed E-state index contributed by atoms with van der Waals surface area (Å²) < 4.78 is 11.0. The molecule has 2 unspecified atom stereocenters. The number of aromatic nitrogens is 3. The molecule has 0 aliphatic carbocycles. The molecule has 19 heavy (non-hydrogen) atoms. The molecule has 3 rings (SSSR count). The maximum Gasteiger partial charge on any atom is 0.255 e. The Bertz CT molecular complexity index is 528. The fourth-order valence-electron chi connectivity index (χ4n) is 2.22. The minimum Gasteiger partial charge on any atom is -0.364 e. The van der Waals surface area contributed by atoms with Crippen LogP contribution in [0.3, 0.4) is 0 Å². The lowest BCUT2D eigenvalue weighted by Gasteiger charge is -2.07. The van der Waals surface area contributed by atoms with E-state index in [9.17, 15) is 0 Å². The van der Waals surface area contributed by atoms with Crippen LogP contribution in [0.1, 0.15) is 36.2 Å². The van der Waals surface area contributed by atoms with E-state index in [1.54, 1.807) is 12.4 Å². The fourth-order valence-corrected chi connectivity index (χ4v) is 2.22. The van der Waals surface area contributed by atoms with Gasteiger partial charge in [0.1, 0.15) is 6.10 Å². The summed E-state index contributed by atoms with van der Waals surface area (Å²) in [6, 6.07) is 3.88. The Balaban J connectivity index is 1.67. The second-order valence-electron chi connectivity index (χ2n) is 4.65. The number of pyridine rings is 1. The second kappa shape index (κ2) is 5.46. The number of ether oxygens (including phenoxy) is 1. The fraction of sp³-hybridized carbons (Fsp3) is 0.462. The molecule has 1 fully saturated rings. The lowest BCUT2D eigenvalue weighted by atomic mass is 10.2. The van der Waals surface area contributed by atoms with E-state index in [1.807, 2.05) is 12.1 Å². The average molecular weight is 260 g/mol. The Morgan fingerprint density at radius 3 is 3.05 bits per heavy atom. The van der Waals surface area contributed by atoms with Crippen molar-refractivity contribution in [3.63, 3.8) is 0 Å². The van der Waals surface area contributed by atoms with Crippen LogP contribution in [-0.2, 0) is 11.2 Å². The first-order chi connectivity index (χ1) is 9.35. The molecule has 2 N–H and O–H groups in total. The number of nitrogens with two attached hydrogens (primary N) is 1. The first-order valence-corrected chi connectivity index (χ1v) is 6.42. The summed E-state index contributed by atoms with van der Waals surface area (Å²) in [5, 5.41) is 3.98. The maximum absolute atomic E-state index is 5.73. The monoisotopic (exact) mass is 260 g/mol. The highest BCUT2D eigenvalue weighted by atomic mass is 16.5. The minimum absolute atomic E-state index is 0.108. The molecule has 100 valence electrons. The predicted molar refractivity (Wildman–Crippen MR) is 67.2 cm³/mol. The molecular formula is C13H16N4O2. The molecular weight excluding hydrogens is 244 g/mol. The Labute approximate surface area is 111 Å². The van der Waals surface area contributed by atoms with E-state index in [-0.39, 0.29) is 12.2 Å². The van der Waals surface area contributed by atoms with Crippen LogP contribution < -0.4 is 5.73 Å². The number of nitrogens with zero attached hydrogens (tertiary/aromatic N) is 3. The second-order valence-corrected chi connectivity index (χ2v) is 4.65. The van der Waals surface area contributed by atoms with Crippen molar-refractivity contribution in [2.75, 3.05) is 6.54 Å². The Morgan fingerprint density at radius 2 is 2.32 bits per heavy atom. The van der Waals surface area contributed by atoms with Gasteiger partial charge in [-0.05, 0) is 24.5 Å². The van der Waals surface area contributed by atoms with E-state index in [0.717, 1.165) is 18.4 Å². The van der Waals surface area contributed by atoms with Gasteiger partial charge in [-0.25, -0.2) is 0 Å². The summed E-state index contributed by atoms with van der Waals surface area (Å²) in [5.41, 5.74) is 6.64. The van der Waals surface area contributed by atoms with Crippen molar-refractivity contribution in [2.45, 2.75) is 31.5 Å². The van der Waals surface area contributed by atoms with Gasteiger partial charge in [0.15, 0.2) is 5.82 Å². The molecule has 2 aromatic rings. The summed E-state index contributed by atoms with van der Waals surface area (Å²) in [6.45, 7) is 0.535. The number of rotatable bonds is 4. The summed E-state index contributed by atoms with van der Waals surface area (Å²) in [6.07, 6.45) is 5.99. The third-order valence-electron chi connectivity index (χ3n) is 3.21. The average Bonchev–Trinajstić information content (AvgIpc) is 3.08. The van der Waals surface area contributed by atoms with Crippen LogP contribution in [0.15, 0.2) is 29.0 Å². The van der Waals surface area contributed by atoms with Crippen molar-refractivity contribution in [3.05, 3.63) is 41.8 Å². The summed E-state index contributed by atoms with van der Waals surface area (Å²) >= 11 is 0. The van der Waals surface area contributed by atoms with Crippen molar-refractivity contribution < 1.29 is 9.26 Å². The standard InChI is InChI=1S/C13H16N4O2/c14-7-10-3-4-11(18-10)13-16-12(17-19-13)6-9-2-1-5-15-8-9/h1-2,5,8,10-11H,3-4,6-7,14H2. The zero-order chi connectivity index (χ0) is 13.1. The highest BCUT2D eigenvalue weighted by molar-refractivity contribution is 5.13. The quantitative estimate of drug-likeness (QED) is 0.889. The SMILES string of the molecule is NCC1CCC(c2nc(Cc3cccnc3)no2)O1. The molecule has 1 aliphatic heterocycles. The summed E-state index contributed by atoms with van der Waals surface area (Å²) in [4.78, 5) is 8.45. The smallest absolute Gasteiger partial charge is 0.255 e. The van der Waals surface area contributed by atoms with Crippen molar-refractivity contribution in [1.82, 2.24) is 15.1 Å². The largest absolute Gasteiger partial charge is 0.364 e. The maximum atomic E-state index is 5.73. The molecule has 0 spiro atoms. The molecule has 2 atom stereocenters. The molecule has 0 amide bonds. The van der Waals surface area contributed by atoms with Gasteiger partial charge in [-0.1, -0.05) is 11.2 Å². The molecule has 1 aliphatic rings. The van der Waals surface area contributed by atoms with Crippen LogP contribution in [0.2, 0.25) is 0 Å². The molecule has 6 heteroatoms. The van der Waals surface area contributed by atoms with E-state index in [0.29, 0.717) is 24.7 Å². The van der Waals surface area contributed by atoms with Crippen molar-refractivity contribution in [3.8, 4) is 0 Å². The highest BCUT2D eigenvalue weighted by Gasteiger charge is 2.29. The predicted octanol–water partition coefficient (Wildman–Crippen LogP) is 1.23. The lowest BCUT2D eigenvalue weighted by Crippen LogP contribution is -2.18. The van der Waals surface area contributed by atoms with Crippen LogP contribution in [0.4, 0.5) is 0 Å². The van der Waals surface area contributed by atoms with E-state index < -0.39 is 0 Å². The molecule has 6 nitrogen and oxygen atoms in total. The molecule has 0 aromatic carbocycles. The van der Waals surface area contributed by atoms with Crippen LogP contribution >= 0.6 is 0 Å².